The smallest absolute Gasteiger partial charge is 0.298 e. The van der Waals surface area contributed by atoms with Gasteiger partial charge in [0.05, 0.1) is 23.3 Å². The Morgan fingerprint density at radius 3 is 2.73 bits per heavy atom. The van der Waals surface area contributed by atoms with Gasteiger partial charge in [0.25, 0.3) is 5.91 Å². The van der Waals surface area contributed by atoms with E-state index in [1.165, 1.54) is 6.33 Å². The van der Waals surface area contributed by atoms with Gasteiger partial charge in [-0.1, -0.05) is 24.1 Å². The number of nitrogens with two attached hydrogens (primary N) is 1. The summed E-state index contributed by atoms with van der Waals surface area (Å²) < 4.78 is 7.66. The SMILES string of the molecule is CC#CC(=O)N1CC[C@@H](n2nc(-c3ccc(Oc4ccccc4)cn3)c3c(N)ncnc32)C1. The Hall–Kier alpha value is -4.45. The molecule has 4 heterocycles. The third-order valence-corrected chi connectivity index (χ3v) is 5.50. The number of fused-ring (bicyclic) bond motifs is 1. The molecule has 0 saturated carbocycles. The molecule has 4 aromatic rings. The Kier molecular flexibility index (Phi) is 5.32. The van der Waals surface area contributed by atoms with Crippen molar-refractivity contribution in [2.45, 2.75) is 19.4 Å². The molecule has 0 bridgehead atoms. The minimum atomic E-state index is -0.179. The number of anilines is 1. The molecule has 5 rings (SSSR count). The van der Waals surface area contributed by atoms with Crippen molar-refractivity contribution in [2.24, 2.45) is 0 Å². The molecule has 9 nitrogen and oxygen atoms in total. The van der Waals surface area contributed by atoms with Crippen molar-refractivity contribution < 1.29 is 9.53 Å². The Bertz CT molecular complexity index is 1370. The Labute approximate surface area is 190 Å². The molecule has 1 aliphatic rings. The summed E-state index contributed by atoms with van der Waals surface area (Å²) in [5, 5.41) is 5.45. The van der Waals surface area contributed by atoms with E-state index in [0.717, 1.165) is 12.2 Å². The van der Waals surface area contributed by atoms with Gasteiger partial charge in [0.2, 0.25) is 0 Å². The predicted molar refractivity (Wildman–Crippen MR) is 123 cm³/mol. The number of hydrogen-bond acceptors (Lipinski definition) is 7. The van der Waals surface area contributed by atoms with E-state index in [2.05, 4.69) is 26.8 Å². The van der Waals surface area contributed by atoms with Crippen molar-refractivity contribution in [1.82, 2.24) is 29.6 Å². The number of likely N-dealkylation sites (tertiary alicyclic amines) is 1. The van der Waals surface area contributed by atoms with E-state index in [9.17, 15) is 4.79 Å². The second-order valence-corrected chi connectivity index (χ2v) is 7.61. The molecule has 3 aromatic heterocycles. The van der Waals surface area contributed by atoms with Crippen LogP contribution in [0.3, 0.4) is 0 Å². The number of amides is 1. The van der Waals surface area contributed by atoms with Crippen LogP contribution in [0.4, 0.5) is 5.82 Å². The largest absolute Gasteiger partial charge is 0.456 e. The minimum Gasteiger partial charge on any atom is -0.456 e. The van der Waals surface area contributed by atoms with E-state index in [1.807, 2.05) is 47.1 Å². The number of nitrogen functional groups attached to an aromatic ring is 1. The summed E-state index contributed by atoms with van der Waals surface area (Å²) in [6.45, 7) is 2.77. The van der Waals surface area contributed by atoms with Gasteiger partial charge >= 0.3 is 0 Å². The average molecular weight is 439 g/mol. The standard InChI is InChI=1S/C24H21N7O2/c1-2-6-20(32)30-12-11-16(14-30)31-24-21(23(25)27-15-28-24)22(29-31)19-10-9-18(13-26-19)33-17-7-4-3-5-8-17/h3-5,7-10,13,15-16H,11-12,14H2,1H3,(H2,25,27,28)/t16-/m1/s1. The van der Waals surface area contributed by atoms with Crippen LogP contribution in [0.2, 0.25) is 0 Å². The van der Waals surface area contributed by atoms with Crippen LogP contribution in [0, 0.1) is 11.8 Å². The number of nitrogens with zero attached hydrogens (tertiary/aromatic N) is 6. The maximum Gasteiger partial charge on any atom is 0.298 e. The second kappa shape index (κ2) is 8.59. The highest BCUT2D eigenvalue weighted by Gasteiger charge is 2.30. The normalized spacial score (nSPS) is 15.3. The summed E-state index contributed by atoms with van der Waals surface area (Å²) >= 11 is 0. The van der Waals surface area contributed by atoms with Crippen LogP contribution < -0.4 is 10.5 Å². The van der Waals surface area contributed by atoms with E-state index >= 15 is 0 Å². The molecule has 1 aliphatic heterocycles. The van der Waals surface area contributed by atoms with Crippen molar-refractivity contribution in [3.63, 3.8) is 0 Å². The highest BCUT2D eigenvalue weighted by Crippen LogP contribution is 2.33. The molecule has 9 heteroatoms. The van der Waals surface area contributed by atoms with Crippen LogP contribution in [0.25, 0.3) is 22.4 Å². The summed E-state index contributed by atoms with van der Waals surface area (Å²) in [4.78, 5) is 27.1. The fourth-order valence-corrected chi connectivity index (χ4v) is 3.95. The van der Waals surface area contributed by atoms with E-state index in [1.54, 1.807) is 18.0 Å². The number of ether oxygens (including phenoxy) is 1. The Balaban J connectivity index is 1.48. The van der Waals surface area contributed by atoms with Crippen LogP contribution in [-0.2, 0) is 4.79 Å². The zero-order chi connectivity index (χ0) is 22.8. The predicted octanol–water partition coefficient (Wildman–Crippen LogP) is 3.06. The molecular formula is C24H21N7O2. The fourth-order valence-electron chi connectivity index (χ4n) is 3.95. The molecule has 0 unspecified atom stereocenters. The van der Waals surface area contributed by atoms with Gasteiger partial charge in [0.1, 0.15) is 29.3 Å². The van der Waals surface area contributed by atoms with Gasteiger partial charge < -0.3 is 15.4 Å². The van der Waals surface area contributed by atoms with Crippen molar-refractivity contribution in [3.05, 3.63) is 55.0 Å². The van der Waals surface area contributed by atoms with Gasteiger partial charge in [0.15, 0.2) is 5.65 Å². The molecule has 1 aromatic carbocycles. The summed E-state index contributed by atoms with van der Waals surface area (Å²) in [5.41, 5.74) is 8.05. The molecule has 1 fully saturated rings. The first kappa shape index (κ1) is 20.5. The first-order chi connectivity index (χ1) is 16.1. The van der Waals surface area contributed by atoms with Crippen molar-refractivity contribution in [1.29, 1.82) is 0 Å². The third kappa shape index (κ3) is 3.94. The van der Waals surface area contributed by atoms with Gasteiger partial charge in [-0.25, -0.2) is 14.6 Å². The number of carbonyl (C=O) groups excluding carboxylic acids is 1. The monoisotopic (exact) mass is 439 g/mol. The highest BCUT2D eigenvalue weighted by molar-refractivity contribution is 5.97. The van der Waals surface area contributed by atoms with E-state index < -0.39 is 0 Å². The summed E-state index contributed by atoms with van der Waals surface area (Å²) in [7, 11) is 0. The number of para-hydroxylation sites is 1. The maximum absolute atomic E-state index is 12.2. The highest BCUT2D eigenvalue weighted by atomic mass is 16.5. The van der Waals surface area contributed by atoms with Gasteiger partial charge in [-0.3, -0.25) is 9.78 Å². The van der Waals surface area contributed by atoms with Crippen molar-refractivity contribution in [3.8, 4) is 34.7 Å². The molecule has 164 valence electrons. The Morgan fingerprint density at radius 1 is 1.12 bits per heavy atom. The van der Waals surface area contributed by atoms with Crippen LogP contribution in [-0.4, -0.2) is 48.6 Å². The van der Waals surface area contributed by atoms with E-state index in [4.69, 9.17) is 15.6 Å². The number of carbonyl (C=O) groups is 1. The zero-order valence-electron chi connectivity index (χ0n) is 18.0. The number of pyridine rings is 1. The average Bonchev–Trinajstić information content (AvgIpc) is 3.47. The quantitative estimate of drug-likeness (QED) is 0.486. The zero-order valence-corrected chi connectivity index (χ0v) is 18.0. The third-order valence-electron chi connectivity index (χ3n) is 5.50. The lowest BCUT2D eigenvalue weighted by atomic mass is 10.2. The second-order valence-electron chi connectivity index (χ2n) is 7.61. The molecule has 33 heavy (non-hydrogen) atoms. The number of rotatable bonds is 4. The van der Waals surface area contributed by atoms with E-state index in [0.29, 0.717) is 47.1 Å². The number of aromatic nitrogens is 5. The summed E-state index contributed by atoms with van der Waals surface area (Å²) in [6, 6.07) is 13.1. The molecule has 1 saturated heterocycles. The van der Waals surface area contributed by atoms with Gasteiger partial charge in [0, 0.05) is 13.1 Å². The van der Waals surface area contributed by atoms with Crippen molar-refractivity contribution >= 4 is 22.8 Å². The minimum absolute atomic E-state index is 0.0427. The molecule has 0 radical (unpaired) electrons. The fraction of sp³-hybridized carbons (Fsp3) is 0.208. The van der Waals surface area contributed by atoms with Crippen LogP contribution in [0.5, 0.6) is 11.5 Å². The lowest BCUT2D eigenvalue weighted by Crippen LogP contribution is -2.28. The number of hydrogen-bond donors (Lipinski definition) is 1. The lowest BCUT2D eigenvalue weighted by Gasteiger charge is -2.14. The molecule has 0 spiro atoms. The van der Waals surface area contributed by atoms with Crippen LogP contribution in [0.15, 0.2) is 55.0 Å². The molecule has 1 amide bonds. The van der Waals surface area contributed by atoms with Gasteiger partial charge in [-0.15, -0.1) is 0 Å². The number of benzene rings is 1. The van der Waals surface area contributed by atoms with Crippen LogP contribution >= 0.6 is 0 Å². The van der Waals surface area contributed by atoms with E-state index in [-0.39, 0.29) is 11.9 Å². The topological polar surface area (TPSA) is 112 Å². The first-order valence-corrected chi connectivity index (χ1v) is 10.5. The Morgan fingerprint density at radius 2 is 1.97 bits per heavy atom. The summed E-state index contributed by atoms with van der Waals surface area (Å²) in [5.74, 6) is 6.75. The first-order valence-electron chi connectivity index (χ1n) is 10.5. The summed E-state index contributed by atoms with van der Waals surface area (Å²) in [6.07, 6.45) is 3.81. The van der Waals surface area contributed by atoms with Crippen LogP contribution in [0.1, 0.15) is 19.4 Å². The molecule has 0 aliphatic carbocycles. The molecule has 2 N–H and O–H groups in total. The van der Waals surface area contributed by atoms with Crippen molar-refractivity contribution in [2.75, 3.05) is 18.8 Å². The van der Waals surface area contributed by atoms with Gasteiger partial charge in [-0.05, 0) is 43.5 Å². The lowest BCUT2D eigenvalue weighted by molar-refractivity contribution is -0.124. The maximum atomic E-state index is 12.2. The molecule has 1 atom stereocenters. The molecular weight excluding hydrogens is 418 g/mol. The van der Waals surface area contributed by atoms with Gasteiger partial charge in [-0.2, -0.15) is 5.10 Å².